The summed E-state index contributed by atoms with van der Waals surface area (Å²) in [5, 5.41) is 7.78. The van der Waals surface area contributed by atoms with E-state index in [1.165, 1.54) is 0 Å². The van der Waals surface area contributed by atoms with E-state index in [0.717, 1.165) is 36.1 Å². The Labute approximate surface area is 114 Å². The van der Waals surface area contributed by atoms with Crippen LogP contribution in [0.25, 0.3) is 0 Å². The van der Waals surface area contributed by atoms with Crippen LogP contribution < -0.4 is 10.5 Å². The van der Waals surface area contributed by atoms with Gasteiger partial charge in [0.1, 0.15) is 17.2 Å². The molecule has 0 aromatic heterocycles. The van der Waals surface area contributed by atoms with Crippen molar-refractivity contribution in [3.05, 3.63) is 29.3 Å². The van der Waals surface area contributed by atoms with Gasteiger partial charge in [-0.05, 0) is 44.9 Å². The molecule has 0 unspecified atom stereocenters. The molecule has 102 valence electrons. The molecule has 0 radical (unpaired) electrons. The number of fused-ring (bicyclic) bond motifs is 1. The van der Waals surface area contributed by atoms with Gasteiger partial charge in [0, 0.05) is 11.1 Å². The first-order valence-corrected chi connectivity index (χ1v) is 6.69. The zero-order chi connectivity index (χ0) is 14.0. The lowest BCUT2D eigenvalue weighted by Crippen LogP contribution is -2.28. The van der Waals surface area contributed by atoms with E-state index < -0.39 is 0 Å². The maximum absolute atomic E-state index is 7.78. The number of amidine groups is 2. The molecule has 1 aliphatic heterocycles. The third kappa shape index (κ3) is 2.95. The van der Waals surface area contributed by atoms with Gasteiger partial charge < -0.3 is 10.5 Å². The van der Waals surface area contributed by atoms with Crippen LogP contribution in [0.15, 0.2) is 23.2 Å². The molecular formula is C15H21N3O. The Hall–Kier alpha value is -1.84. The highest BCUT2D eigenvalue weighted by atomic mass is 16.5. The number of hydrogen-bond donors (Lipinski definition) is 2. The Morgan fingerprint density at radius 2 is 2.05 bits per heavy atom. The Morgan fingerprint density at radius 3 is 2.74 bits per heavy atom. The van der Waals surface area contributed by atoms with Crippen LogP contribution >= 0.6 is 0 Å². The van der Waals surface area contributed by atoms with Gasteiger partial charge in [-0.3, -0.25) is 5.41 Å². The van der Waals surface area contributed by atoms with Crippen molar-refractivity contribution in [2.45, 2.75) is 45.6 Å². The minimum Gasteiger partial charge on any atom is -0.488 e. The number of unbranched alkanes of at least 4 members (excludes halogenated alkanes) is 1. The molecule has 0 saturated carbocycles. The number of benzene rings is 1. The molecule has 4 nitrogen and oxygen atoms in total. The fourth-order valence-corrected chi connectivity index (χ4v) is 2.22. The molecule has 1 aromatic rings. The van der Waals surface area contributed by atoms with Crippen molar-refractivity contribution in [3.8, 4) is 5.75 Å². The van der Waals surface area contributed by atoms with Crippen LogP contribution in [0.4, 0.5) is 0 Å². The van der Waals surface area contributed by atoms with E-state index in [9.17, 15) is 0 Å². The van der Waals surface area contributed by atoms with Gasteiger partial charge >= 0.3 is 0 Å². The van der Waals surface area contributed by atoms with Crippen LogP contribution in [0.2, 0.25) is 0 Å². The standard InChI is InChI=1S/C15H21N3O/c1-4-5-8-15(2,3)19-10-6-7-11-12(9-10)14(17)18-13(11)16/h6-7,9H,4-5,8H2,1-3H3,(H3,16,17,18). The largest absolute Gasteiger partial charge is 0.488 e. The van der Waals surface area contributed by atoms with Crippen molar-refractivity contribution in [2.75, 3.05) is 0 Å². The second kappa shape index (κ2) is 5.03. The topological polar surface area (TPSA) is 71.5 Å². The summed E-state index contributed by atoms with van der Waals surface area (Å²) in [4.78, 5) is 3.97. The van der Waals surface area contributed by atoms with Crippen LogP contribution in [-0.2, 0) is 0 Å². The van der Waals surface area contributed by atoms with Gasteiger partial charge in [-0.15, -0.1) is 0 Å². The summed E-state index contributed by atoms with van der Waals surface area (Å²) in [7, 11) is 0. The normalized spacial score (nSPS) is 14.3. The van der Waals surface area contributed by atoms with Gasteiger partial charge in [0.15, 0.2) is 5.84 Å². The zero-order valence-corrected chi connectivity index (χ0v) is 11.8. The number of nitrogens with two attached hydrogens (primary N) is 1. The van der Waals surface area contributed by atoms with Crippen LogP contribution in [0, 0.1) is 5.41 Å². The second-order valence-electron chi connectivity index (χ2n) is 5.52. The number of aliphatic imine (C=N–C) groups is 1. The molecule has 0 atom stereocenters. The van der Waals surface area contributed by atoms with Crippen molar-refractivity contribution in [1.82, 2.24) is 0 Å². The summed E-state index contributed by atoms with van der Waals surface area (Å²) < 4.78 is 6.02. The number of rotatable bonds is 5. The lowest BCUT2D eigenvalue weighted by Gasteiger charge is -2.26. The molecule has 0 aliphatic carbocycles. The van der Waals surface area contributed by atoms with Crippen LogP contribution in [0.5, 0.6) is 5.75 Å². The Kier molecular flexibility index (Phi) is 3.60. The van der Waals surface area contributed by atoms with E-state index in [1.807, 2.05) is 18.2 Å². The predicted molar refractivity (Wildman–Crippen MR) is 78.2 cm³/mol. The second-order valence-corrected chi connectivity index (χ2v) is 5.52. The summed E-state index contributed by atoms with van der Waals surface area (Å²) in [5.41, 5.74) is 7.13. The minimum absolute atomic E-state index is 0.197. The van der Waals surface area contributed by atoms with Gasteiger partial charge in [-0.25, -0.2) is 4.99 Å². The third-order valence-electron chi connectivity index (χ3n) is 3.28. The first kappa shape index (κ1) is 13.6. The molecule has 0 saturated heterocycles. The van der Waals surface area contributed by atoms with Crippen LogP contribution in [-0.4, -0.2) is 17.3 Å². The fourth-order valence-electron chi connectivity index (χ4n) is 2.22. The van der Waals surface area contributed by atoms with E-state index >= 15 is 0 Å². The molecule has 2 rings (SSSR count). The summed E-state index contributed by atoms with van der Waals surface area (Å²) >= 11 is 0. The van der Waals surface area contributed by atoms with Gasteiger partial charge in [0.2, 0.25) is 0 Å². The monoisotopic (exact) mass is 259 g/mol. The average molecular weight is 259 g/mol. The molecule has 1 aliphatic rings. The molecule has 0 spiro atoms. The van der Waals surface area contributed by atoms with Crippen molar-refractivity contribution < 1.29 is 4.74 Å². The van der Waals surface area contributed by atoms with Crippen molar-refractivity contribution >= 4 is 11.7 Å². The molecule has 4 heteroatoms. The number of nitrogens with zero attached hydrogens (tertiary/aromatic N) is 1. The molecular weight excluding hydrogens is 238 g/mol. The number of nitrogens with one attached hydrogen (secondary N) is 1. The summed E-state index contributed by atoms with van der Waals surface area (Å²) in [6.45, 7) is 6.35. The Morgan fingerprint density at radius 1 is 1.32 bits per heavy atom. The predicted octanol–water partition coefficient (Wildman–Crippen LogP) is 3.08. The highest BCUT2D eigenvalue weighted by Crippen LogP contribution is 2.27. The minimum atomic E-state index is -0.197. The van der Waals surface area contributed by atoms with E-state index in [4.69, 9.17) is 15.9 Å². The summed E-state index contributed by atoms with van der Waals surface area (Å²) in [5.74, 6) is 1.40. The summed E-state index contributed by atoms with van der Waals surface area (Å²) in [6.07, 6.45) is 3.31. The smallest absolute Gasteiger partial charge is 0.155 e. The molecule has 19 heavy (non-hydrogen) atoms. The van der Waals surface area contributed by atoms with Gasteiger partial charge in [-0.2, -0.15) is 0 Å². The molecule has 0 bridgehead atoms. The molecule has 0 fully saturated rings. The van der Waals surface area contributed by atoms with Gasteiger partial charge in [0.25, 0.3) is 0 Å². The molecule has 1 heterocycles. The summed E-state index contributed by atoms with van der Waals surface area (Å²) in [6, 6.07) is 5.63. The molecule has 3 N–H and O–H groups in total. The Balaban J connectivity index is 2.16. The van der Waals surface area contributed by atoms with Gasteiger partial charge in [0.05, 0.1) is 0 Å². The molecule has 0 amide bonds. The van der Waals surface area contributed by atoms with Gasteiger partial charge in [-0.1, -0.05) is 13.3 Å². The molecule has 1 aromatic carbocycles. The van der Waals surface area contributed by atoms with E-state index in [-0.39, 0.29) is 11.4 Å². The highest BCUT2D eigenvalue weighted by Gasteiger charge is 2.22. The first-order valence-electron chi connectivity index (χ1n) is 6.69. The lowest BCUT2D eigenvalue weighted by atomic mass is 10.0. The highest BCUT2D eigenvalue weighted by molar-refractivity contribution is 6.20. The number of hydrogen-bond acceptors (Lipinski definition) is 3. The Bertz CT molecular complexity index is 532. The van der Waals surface area contributed by atoms with Crippen LogP contribution in [0.3, 0.4) is 0 Å². The average Bonchev–Trinajstić information content (AvgIpc) is 2.62. The van der Waals surface area contributed by atoms with Crippen LogP contribution in [0.1, 0.15) is 51.2 Å². The zero-order valence-electron chi connectivity index (χ0n) is 11.8. The number of ether oxygens (including phenoxy) is 1. The van der Waals surface area contributed by atoms with E-state index in [0.29, 0.717) is 5.84 Å². The van der Waals surface area contributed by atoms with Crippen molar-refractivity contribution in [2.24, 2.45) is 10.7 Å². The van der Waals surface area contributed by atoms with Crippen molar-refractivity contribution in [1.29, 1.82) is 5.41 Å². The third-order valence-corrected chi connectivity index (χ3v) is 3.28. The lowest BCUT2D eigenvalue weighted by molar-refractivity contribution is 0.0967. The fraction of sp³-hybridized carbons (Fsp3) is 0.467. The van der Waals surface area contributed by atoms with Crippen molar-refractivity contribution in [3.63, 3.8) is 0 Å². The SMILES string of the molecule is CCCCC(C)(C)Oc1ccc2c(c1)C(=N)N=C2N. The quantitative estimate of drug-likeness (QED) is 0.853. The van der Waals surface area contributed by atoms with E-state index in [2.05, 4.69) is 25.8 Å². The maximum Gasteiger partial charge on any atom is 0.155 e. The first-order chi connectivity index (χ1) is 8.93. The van der Waals surface area contributed by atoms with E-state index in [1.54, 1.807) is 0 Å². The maximum atomic E-state index is 7.78.